The van der Waals surface area contributed by atoms with Crippen LogP contribution in [0.1, 0.15) is 22.3 Å². The van der Waals surface area contributed by atoms with E-state index in [4.69, 9.17) is 0 Å². The molecule has 0 aliphatic carbocycles. The van der Waals surface area contributed by atoms with E-state index in [1.54, 1.807) is 7.05 Å². The van der Waals surface area contributed by atoms with Gasteiger partial charge in [0.15, 0.2) is 5.96 Å². The monoisotopic (exact) mass is 528 g/mol. The fourth-order valence-electron chi connectivity index (χ4n) is 3.58. The summed E-state index contributed by atoms with van der Waals surface area (Å²) in [5.41, 5.74) is 6.15. The van der Waals surface area contributed by atoms with E-state index in [-0.39, 0.29) is 24.0 Å². The maximum absolute atomic E-state index is 4.46. The molecule has 0 aliphatic rings. The van der Waals surface area contributed by atoms with E-state index in [1.165, 1.54) is 27.6 Å². The van der Waals surface area contributed by atoms with Gasteiger partial charge in [-0.3, -0.25) is 9.67 Å². The van der Waals surface area contributed by atoms with Crippen molar-refractivity contribution in [1.82, 2.24) is 25.4 Å². The molecule has 0 spiro atoms. The molecule has 4 aromatic rings. The number of guanidine groups is 1. The molecule has 0 fully saturated rings. The number of H-pyrrole nitrogens is 1. The molecule has 0 saturated carbocycles. The minimum Gasteiger partial charge on any atom is -0.361 e. The van der Waals surface area contributed by atoms with Crippen LogP contribution < -0.4 is 10.6 Å². The molecule has 3 N–H and O–H groups in total. The number of rotatable bonds is 7. The van der Waals surface area contributed by atoms with Crippen LogP contribution in [0.25, 0.3) is 10.9 Å². The minimum absolute atomic E-state index is 0. The van der Waals surface area contributed by atoms with Crippen LogP contribution >= 0.6 is 24.0 Å². The zero-order valence-corrected chi connectivity index (χ0v) is 20.3. The van der Waals surface area contributed by atoms with Crippen LogP contribution in [0.4, 0.5) is 0 Å². The first-order chi connectivity index (χ1) is 14.7. The van der Waals surface area contributed by atoms with E-state index in [1.807, 2.05) is 29.1 Å². The second-order valence-corrected chi connectivity index (χ2v) is 7.50. The standard InChI is InChI=1S/C24H28N6.HI/c1-18-8-9-22-21(15-27-23(22)12-18)10-11-26-24(25-2)28-13-20-14-29-30(17-20)16-19-6-4-3-5-7-19;/h3-9,12,14-15,17,27H,10-11,13,16H2,1-2H3,(H2,25,26,28);1H. The topological polar surface area (TPSA) is 70.0 Å². The second-order valence-electron chi connectivity index (χ2n) is 7.50. The minimum atomic E-state index is 0. The average molecular weight is 528 g/mol. The Morgan fingerprint density at radius 2 is 1.94 bits per heavy atom. The molecule has 0 radical (unpaired) electrons. The zero-order chi connectivity index (χ0) is 20.8. The Morgan fingerprint density at radius 3 is 2.74 bits per heavy atom. The summed E-state index contributed by atoms with van der Waals surface area (Å²) in [5, 5.41) is 12.5. The molecule has 4 rings (SSSR count). The summed E-state index contributed by atoms with van der Waals surface area (Å²) in [6.45, 7) is 4.38. The van der Waals surface area contributed by atoms with Gasteiger partial charge in [-0.25, -0.2) is 0 Å². The van der Waals surface area contributed by atoms with Gasteiger partial charge in [0.2, 0.25) is 0 Å². The number of aliphatic imine (C=N–C) groups is 1. The molecule has 6 nitrogen and oxygen atoms in total. The molecule has 0 aliphatic heterocycles. The predicted octanol–water partition coefficient (Wildman–Crippen LogP) is 4.25. The lowest BCUT2D eigenvalue weighted by molar-refractivity contribution is 0.685. The Hall–Kier alpha value is -2.81. The van der Waals surface area contributed by atoms with Crippen molar-refractivity contribution < 1.29 is 0 Å². The van der Waals surface area contributed by atoms with Crippen LogP contribution in [0.3, 0.4) is 0 Å². The number of aromatic amines is 1. The highest BCUT2D eigenvalue weighted by Crippen LogP contribution is 2.19. The molecule has 2 aromatic heterocycles. The summed E-state index contributed by atoms with van der Waals surface area (Å²) in [6.07, 6.45) is 7.00. The van der Waals surface area contributed by atoms with E-state index in [0.29, 0.717) is 6.54 Å². The third kappa shape index (κ3) is 6.10. The third-order valence-corrected chi connectivity index (χ3v) is 5.17. The lowest BCUT2D eigenvalue weighted by Gasteiger charge is -2.11. The van der Waals surface area contributed by atoms with Crippen molar-refractivity contribution >= 4 is 40.8 Å². The Bertz CT molecular complexity index is 1130. The molecule has 0 saturated heterocycles. The van der Waals surface area contributed by atoms with Crippen LogP contribution in [-0.4, -0.2) is 34.3 Å². The van der Waals surface area contributed by atoms with Gasteiger partial charge in [-0.1, -0.05) is 42.5 Å². The van der Waals surface area contributed by atoms with E-state index in [0.717, 1.165) is 31.0 Å². The highest BCUT2D eigenvalue weighted by atomic mass is 127. The van der Waals surface area contributed by atoms with Crippen molar-refractivity contribution in [2.45, 2.75) is 26.4 Å². The number of aromatic nitrogens is 3. The smallest absolute Gasteiger partial charge is 0.191 e. The summed E-state index contributed by atoms with van der Waals surface area (Å²) in [6, 6.07) is 16.9. The molecule has 0 amide bonds. The summed E-state index contributed by atoms with van der Waals surface area (Å²) in [7, 11) is 1.79. The Kier molecular flexibility index (Phi) is 8.11. The largest absolute Gasteiger partial charge is 0.361 e. The van der Waals surface area contributed by atoms with Gasteiger partial charge < -0.3 is 15.6 Å². The fraction of sp³-hybridized carbons (Fsp3) is 0.250. The predicted molar refractivity (Wildman–Crippen MR) is 138 cm³/mol. The van der Waals surface area contributed by atoms with Crippen molar-refractivity contribution in [3.8, 4) is 0 Å². The van der Waals surface area contributed by atoms with Crippen LogP contribution in [0, 0.1) is 6.92 Å². The summed E-state index contributed by atoms with van der Waals surface area (Å²) in [5.74, 6) is 0.793. The average Bonchev–Trinajstić information content (AvgIpc) is 3.37. The first-order valence-corrected chi connectivity index (χ1v) is 10.3. The van der Waals surface area contributed by atoms with Gasteiger partial charge in [-0.15, -0.1) is 24.0 Å². The third-order valence-electron chi connectivity index (χ3n) is 5.17. The number of nitrogens with zero attached hydrogens (tertiary/aromatic N) is 3. The molecular weight excluding hydrogens is 499 g/mol. The van der Waals surface area contributed by atoms with E-state index in [2.05, 4.69) is 75.4 Å². The number of fused-ring (bicyclic) bond motifs is 1. The van der Waals surface area contributed by atoms with Crippen molar-refractivity contribution in [3.63, 3.8) is 0 Å². The maximum Gasteiger partial charge on any atom is 0.191 e. The molecule has 31 heavy (non-hydrogen) atoms. The van der Waals surface area contributed by atoms with E-state index >= 15 is 0 Å². The molecule has 0 unspecified atom stereocenters. The first kappa shape index (κ1) is 22.9. The Labute approximate surface area is 200 Å². The number of benzene rings is 2. The van der Waals surface area contributed by atoms with Crippen molar-refractivity contribution in [2.24, 2.45) is 4.99 Å². The lowest BCUT2D eigenvalue weighted by atomic mass is 10.1. The lowest BCUT2D eigenvalue weighted by Crippen LogP contribution is -2.37. The van der Waals surface area contributed by atoms with Crippen LogP contribution in [0.2, 0.25) is 0 Å². The molecular formula is C24H29IN6. The fourth-order valence-corrected chi connectivity index (χ4v) is 3.58. The van der Waals surface area contributed by atoms with Gasteiger partial charge in [0.25, 0.3) is 0 Å². The summed E-state index contributed by atoms with van der Waals surface area (Å²) >= 11 is 0. The van der Waals surface area contributed by atoms with Crippen LogP contribution in [0.15, 0.2) is 72.1 Å². The van der Waals surface area contributed by atoms with Gasteiger partial charge in [-0.2, -0.15) is 5.10 Å². The van der Waals surface area contributed by atoms with Crippen molar-refractivity contribution in [3.05, 3.63) is 89.4 Å². The van der Waals surface area contributed by atoms with Crippen LogP contribution in [-0.2, 0) is 19.5 Å². The molecule has 2 heterocycles. The van der Waals surface area contributed by atoms with Gasteiger partial charge in [-0.05, 0) is 36.1 Å². The van der Waals surface area contributed by atoms with E-state index < -0.39 is 0 Å². The number of aryl methyl sites for hydroxylation is 1. The summed E-state index contributed by atoms with van der Waals surface area (Å²) in [4.78, 5) is 7.69. The van der Waals surface area contributed by atoms with Gasteiger partial charge in [0.05, 0.1) is 12.7 Å². The molecule has 7 heteroatoms. The second kappa shape index (κ2) is 11.0. The number of nitrogens with one attached hydrogen (secondary N) is 3. The molecule has 162 valence electrons. The zero-order valence-electron chi connectivity index (χ0n) is 17.9. The van der Waals surface area contributed by atoms with Crippen molar-refractivity contribution in [2.75, 3.05) is 13.6 Å². The van der Waals surface area contributed by atoms with Crippen molar-refractivity contribution in [1.29, 1.82) is 0 Å². The molecule has 2 aromatic carbocycles. The Morgan fingerprint density at radius 1 is 1.10 bits per heavy atom. The highest BCUT2D eigenvalue weighted by molar-refractivity contribution is 14.0. The van der Waals surface area contributed by atoms with Gasteiger partial charge in [0.1, 0.15) is 0 Å². The van der Waals surface area contributed by atoms with Gasteiger partial charge in [0, 0.05) is 49.0 Å². The number of hydrogen-bond acceptors (Lipinski definition) is 2. The highest BCUT2D eigenvalue weighted by Gasteiger charge is 2.05. The molecule has 0 bridgehead atoms. The first-order valence-electron chi connectivity index (χ1n) is 10.3. The van der Waals surface area contributed by atoms with Gasteiger partial charge >= 0.3 is 0 Å². The number of hydrogen-bond donors (Lipinski definition) is 3. The summed E-state index contributed by atoms with van der Waals surface area (Å²) < 4.78 is 1.96. The molecule has 0 atom stereocenters. The van der Waals surface area contributed by atoms with Crippen LogP contribution in [0.5, 0.6) is 0 Å². The SMILES string of the molecule is CN=C(NCCc1c[nH]c2cc(C)ccc12)NCc1cnn(Cc2ccccc2)c1.I. The quantitative estimate of drug-likeness (QED) is 0.191. The Balaban J connectivity index is 0.00000272. The maximum atomic E-state index is 4.46. The normalized spacial score (nSPS) is 11.4. The van der Waals surface area contributed by atoms with E-state index in [9.17, 15) is 0 Å². The number of halogens is 1.